The van der Waals surface area contributed by atoms with E-state index in [2.05, 4.69) is 5.32 Å². The molecule has 0 heterocycles. The second-order valence-electron chi connectivity index (χ2n) is 5.36. The fourth-order valence-corrected chi connectivity index (χ4v) is 3.25. The van der Waals surface area contributed by atoms with E-state index in [0.717, 1.165) is 29.7 Å². The quantitative estimate of drug-likeness (QED) is 0.718. The standard InChI is InChI=1S/C15H26N2O3S/c1-5-17(21(4,19)20)8-6-7-16-11-14-9-12(2)15(18)13(3)10-14/h9-10,16,18H,5-8,11H2,1-4H3. The third-order valence-electron chi connectivity index (χ3n) is 3.46. The van der Waals surface area contributed by atoms with Gasteiger partial charge in [-0.15, -0.1) is 0 Å². The summed E-state index contributed by atoms with van der Waals surface area (Å²) in [4.78, 5) is 0. The number of sulfonamides is 1. The Kier molecular flexibility index (Phi) is 6.64. The molecule has 0 unspecified atom stereocenters. The molecule has 1 aromatic carbocycles. The number of hydrogen-bond acceptors (Lipinski definition) is 4. The normalized spacial score (nSPS) is 12.0. The van der Waals surface area contributed by atoms with Crippen molar-refractivity contribution in [1.29, 1.82) is 0 Å². The Labute approximate surface area is 128 Å². The van der Waals surface area contributed by atoms with Crippen molar-refractivity contribution < 1.29 is 13.5 Å². The van der Waals surface area contributed by atoms with E-state index in [4.69, 9.17) is 0 Å². The maximum Gasteiger partial charge on any atom is 0.211 e. The number of hydrogen-bond donors (Lipinski definition) is 2. The van der Waals surface area contributed by atoms with Crippen LogP contribution < -0.4 is 5.32 Å². The van der Waals surface area contributed by atoms with Gasteiger partial charge in [0.25, 0.3) is 0 Å². The van der Waals surface area contributed by atoms with Crippen LogP contribution in [-0.4, -0.2) is 43.7 Å². The van der Waals surface area contributed by atoms with Crippen LogP contribution in [-0.2, 0) is 16.6 Å². The van der Waals surface area contributed by atoms with Crippen LogP contribution >= 0.6 is 0 Å². The monoisotopic (exact) mass is 314 g/mol. The molecular formula is C15H26N2O3S. The second-order valence-corrected chi connectivity index (χ2v) is 7.35. The summed E-state index contributed by atoms with van der Waals surface area (Å²) in [5, 5.41) is 13.0. The summed E-state index contributed by atoms with van der Waals surface area (Å²) in [5.41, 5.74) is 2.88. The van der Waals surface area contributed by atoms with Crippen LogP contribution in [0, 0.1) is 13.8 Å². The number of phenols is 1. The van der Waals surface area contributed by atoms with Crippen molar-refractivity contribution in [2.45, 2.75) is 33.7 Å². The highest BCUT2D eigenvalue weighted by Crippen LogP contribution is 2.22. The van der Waals surface area contributed by atoms with Gasteiger partial charge < -0.3 is 10.4 Å². The number of nitrogens with one attached hydrogen (secondary N) is 1. The summed E-state index contributed by atoms with van der Waals surface area (Å²) in [6.07, 6.45) is 2.02. The highest BCUT2D eigenvalue weighted by molar-refractivity contribution is 7.88. The highest BCUT2D eigenvalue weighted by atomic mass is 32.2. The first-order chi connectivity index (χ1) is 9.75. The van der Waals surface area contributed by atoms with E-state index in [-0.39, 0.29) is 0 Å². The summed E-state index contributed by atoms with van der Waals surface area (Å²) in [7, 11) is -3.09. The van der Waals surface area contributed by atoms with Gasteiger partial charge in [0.1, 0.15) is 5.75 Å². The molecule has 0 saturated carbocycles. The highest BCUT2D eigenvalue weighted by Gasteiger charge is 2.12. The maximum atomic E-state index is 11.4. The molecule has 0 bridgehead atoms. The van der Waals surface area contributed by atoms with Gasteiger partial charge in [-0.2, -0.15) is 0 Å². The Hall–Kier alpha value is -1.11. The van der Waals surface area contributed by atoms with Crippen LogP contribution in [0.15, 0.2) is 12.1 Å². The van der Waals surface area contributed by atoms with E-state index in [1.54, 1.807) is 0 Å². The van der Waals surface area contributed by atoms with Crippen LogP contribution in [0.1, 0.15) is 30.0 Å². The van der Waals surface area contributed by atoms with Gasteiger partial charge in [-0.25, -0.2) is 12.7 Å². The number of phenolic OH excluding ortho intramolecular Hbond substituents is 1. The van der Waals surface area contributed by atoms with Crippen molar-refractivity contribution in [2.24, 2.45) is 0 Å². The lowest BCUT2D eigenvalue weighted by Gasteiger charge is -2.17. The van der Waals surface area contributed by atoms with Crippen molar-refractivity contribution in [3.05, 3.63) is 28.8 Å². The Morgan fingerprint density at radius 2 is 1.81 bits per heavy atom. The molecule has 21 heavy (non-hydrogen) atoms. The van der Waals surface area contributed by atoms with Gasteiger partial charge in [0.05, 0.1) is 6.26 Å². The molecule has 120 valence electrons. The lowest BCUT2D eigenvalue weighted by Crippen LogP contribution is -2.32. The minimum absolute atomic E-state index is 0.352. The average Bonchev–Trinajstić information content (AvgIpc) is 2.38. The third-order valence-corrected chi connectivity index (χ3v) is 4.84. The fourth-order valence-electron chi connectivity index (χ4n) is 2.32. The Morgan fingerprint density at radius 1 is 1.24 bits per heavy atom. The Balaban J connectivity index is 2.38. The average molecular weight is 314 g/mol. The van der Waals surface area contributed by atoms with Gasteiger partial charge in [-0.1, -0.05) is 19.1 Å². The van der Waals surface area contributed by atoms with E-state index >= 15 is 0 Å². The summed E-state index contributed by atoms with van der Waals surface area (Å²) >= 11 is 0. The Bertz CT molecular complexity index is 547. The first-order valence-electron chi connectivity index (χ1n) is 7.20. The molecule has 6 heteroatoms. The summed E-state index contributed by atoms with van der Waals surface area (Å²) in [6, 6.07) is 3.92. The molecule has 0 saturated heterocycles. The molecule has 0 radical (unpaired) electrons. The third kappa shape index (κ3) is 5.65. The summed E-state index contributed by atoms with van der Waals surface area (Å²) < 4.78 is 24.3. The zero-order valence-electron chi connectivity index (χ0n) is 13.3. The summed E-state index contributed by atoms with van der Waals surface area (Å²) in [6.45, 7) is 8.13. The van der Waals surface area contributed by atoms with Gasteiger partial charge in [0.15, 0.2) is 0 Å². The molecule has 1 rings (SSSR count). The minimum atomic E-state index is -3.09. The van der Waals surface area contributed by atoms with Gasteiger partial charge in [-0.05, 0) is 43.5 Å². The SMILES string of the molecule is CCN(CCCNCc1cc(C)c(O)c(C)c1)S(C)(=O)=O. The van der Waals surface area contributed by atoms with Crippen molar-refractivity contribution >= 4 is 10.0 Å². The molecule has 1 aromatic rings. The second kappa shape index (κ2) is 7.77. The van der Waals surface area contributed by atoms with E-state index in [0.29, 0.717) is 25.4 Å². The van der Waals surface area contributed by atoms with Gasteiger partial charge in [0, 0.05) is 19.6 Å². The molecule has 0 aliphatic heterocycles. The molecule has 0 atom stereocenters. The summed E-state index contributed by atoms with van der Waals surface area (Å²) in [5.74, 6) is 0.352. The van der Waals surface area contributed by atoms with E-state index < -0.39 is 10.0 Å². The van der Waals surface area contributed by atoms with Crippen molar-refractivity contribution in [3.8, 4) is 5.75 Å². The zero-order valence-corrected chi connectivity index (χ0v) is 14.1. The number of rotatable bonds is 8. The molecular weight excluding hydrogens is 288 g/mol. The molecule has 0 spiro atoms. The zero-order chi connectivity index (χ0) is 16.0. The molecule has 0 fully saturated rings. The van der Waals surface area contributed by atoms with Crippen molar-refractivity contribution in [2.75, 3.05) is 25.9 Å². The number of aryl methyl sites for hydroxylation is 2. The fraction of sp³-hybridized carbons (Fsp3) is 0.600. The maximum absolute atomic E-state index is 11.4. The van der Waals surface area contributed by atoms with Gasteiger partial charge in [-0.3, -0.25) is 0 Å². The van der Waals surface area contributed by atoms with E-state index in [9.17, 15) is 13.5 Å². The molecule has 2 N–H and O–H groups in total. The van der Waals surface area contributed by atoms with Gasteiger partial charge >= 0.3 is 0 Å². The topological polar surface area (TPSA) is 69.6 Å². The minimum Gasteiger partial charge on any atom is -0.507 e. The molecule has 0 aliphatic rings. The predicted octanol–water partition coefficient (Wildman–Crippen LogP) is 1.77. The first-order valence-corrected chi connectivity index (χ1v) is 9.05. The number of nitrogens with zero attached hydrogens (tertiary/aromatic N) is 1. The number of benzene rings is 1. The van der Waals surface area contributed by atoms with Crippen LogP contribution in [0.5, 0.6) is 5.75 Å². The lowest BCUT2D eigenvalue weighted by molar-refractivity contribution is 0.419. The van der Waals surface area contributed by atoms with Gasteiger partial charge in [0.2, 0.25) is 10.0 Å². The molecule has 5 nitrogen and oxygen atoms in total. The van der Waals surface area contributed by atoms with Crippen molar-refractivity contribution in [1.82, 2.24) is 9.62 Å². The van der Waals surface area contributed by atoms with Crippen LogP contribution in [0.2, 0.25) is 0 Å². The van der Waals surface area contributed by atoms with E-state index in [1.807, 2.05) is 32.9 Å². The van der Waals surface area contributed by atoms with Crippen LogP contribution in [0.4, 0.5) is 0 Å². The number of aromatic hydroxyl groups is 1. The first kappa shape index (κ1) is 17.9. The molecule has 0 aliphatic carbocycles. The smallest absolute Gasteiger partial charge is 0.211 e. The van der Waals surface area contributed by atoms with E-state index in [1.165, 1.54) is 10.6 Å². The van der Waals surface area contributed by atoms with Crippen molar-refractivity contribution in [3.63, 3.8) is 0 Å². The molecule has 0 aromatic heterocycles. The predicted molar refractivity (Wildman–Crippen MR) is 86.0 cm³/mol. The largest absolute Gasteiger partial charge is 0.507 e. The Morgan fingerprint density at radius 3 is 2.29 bits per heavy atom. The van der Waals surface area contributed by atoms with Crippen LogP contribution in [0.25, 0.3) is 0 Å². The lowest BCUT2D eigenvalue weighted by atomic mass is 10.1. The molecule has 0 amide bonds. The van der Waals surface area contributed by atoms with Crippen LogP contribution in [0.3, 0.4) is 0 Å².